The molecule has 3 nitrogen and oxygen atoms in total. The minimum Gasteiger partial charge on any atom is -0.388 e. The van der Waals surface area contributed by atoms with Crippen molar-refractivity contribution in [1.82, 2.24) is 5.32 Å². The van der Waals surface area contributed by atoms with Gasteiger partial charge < -0.3 is 15.2 Å². The van der Waals surface area contributed by atoms with Crippen molar-refractivity contribution in [2.75, 3.05) is 19.8 Å². The lowest BCUT2D eigenvalue weighted by Gasteiger charge is -2.29. The van der Waals surface area contributed by atoms with Crippen LogP contribution in [0.5, 0.6) is 0 Å². The fourth-order valence-corrected chi connectivity index (χ4v) is 1.64. The van der Waals surface area contributed by atoms with Gasteiger partial charge in [0.05, 0.1) is 18.8 Å². The van der Waals surface area contributed by atoms with Crippen LogP contribution in [0, 0.1) is 5.92 Å². The van der Waals surface area contributed by atoms with Crippen molar-refractivity contribution < 1.29 is 9.84 Å². The van der Waals surface area contributed by atoms with Gasteiger partial charge in [-0.25, -0.2) is 0 Å². The Labute approximate surface area is 93.2 Å². The molecule has 1 aliphatic heterocycles. The molecule has 0 aliphatic carbocycles. The monoisotopic (exact) mass is 215 g/mol. The molecule has 0 aromatic carbocycles. The van der Waals surface area contributed by atoms with Gasteiger partial charge in [-0.15, -0.1) is 0 Å². The summed E-state index contributed by atoms with van der Waals surface area (Å²) in [6.45, 7) is 8.14. The normalized spacial score (nSPS) is 26.6. The van der Waals surface area contributed by atoms with Crippen molar-refractivity contribution in [3.8, 4) is 0 Å². The zero-order valence-electron chi connectivity index (χ0n) is 10.3. The maximum Gasteiger partial charge on any atom is 0.0874 e. The number of nitrogens with one attached hydrogen (secondary N) is 1. The lowest BCUT2D eigenvalue weighted by atomic mass is 9.94. The van der Waals surface area contributed by atoms with E-state index < -0.39 is 5.60 Å². The van der Waals surface area contributed by atoms with Crippen LogP contribution < -0.4 is 5.32 Å². The molecular weight excluding hydrogens is 190 g/mol. The molecule has 2 N–H and O–H groups in total. The number of hydrogen-bond acceptors (Lipinski definition) is 3. The highest BCUT2D eigenvalue weighted by molar-refractivity contribution is 4.77. The summed E-state index contributed by atoms with van der Waals surface area (Å²) in [6.07, 6.45) is 3.77. The second kappa shape index (κ2) is 5.83. The van der Waals surface area contributed by atoms with Crippen LogP contribution in [0.25, 0.3) is 0 Å². The molecule has 0 saturated carbocycles. The molecule has 1 fully saturated rings. The molecule has 1 aliphatic rings. The minimum atomic E-state index is -0.700. The average molecular weight is 215 g/mol. The van der Waals surface area contributed by atoms with E-state index in [1.54, 1.807) is 0 Å². The van der Waals surface area contributed by atoms with Crippen LogP contribution in [0.15, 0.2) is 0 Å². The number of piperidine rings is 1. The van der Waals surface area contributed by atoms with E-state index in [2.05, 4.69) is 5.32 Å². The van der Waals surface area contributed by atoms with E-state index in [-0.39, 0.29) is 5.92 Å². The summed E-state index contributed by atoms with van der Waals surface area (Å²) in [4.78, 5) is 0. The third-order valence-electron chi connectivity index (χ3n) is 3.37. The predicted octanol–water partition coefficient (Wildman–Crippen LogP) is 1.55. The topological polar surface area (TPSA) is 41.5 Å². The smallest absolute Gasteiger partial charge is 0.0874 e. The molecule has 0 amide bonds. The third kappa shape index (κ3) is 4.49. The molecule has 2 unspecified atom stereocenters. The zero-order chi connectivity index (χ0) is 11.3. The van der Waals surface area contributed by atoms with E-state index in [1.807, 2.05) is 20.8 Å². The summed E-state index contributed by atoms with van der Waals surface area (Å²) in [7, 11) is 0. The molecule has 15 heavy (non-hydrogen) atoms. The molecule has 3 heteroatoms. The first-order chi connectivity index (χ1) is 7.02. The van der Waals surface area contributed by atoms with Crippen molar-refractivity contribution in [3.63, 3.8) is 0 Å². The number of hydrogen-bond donors (Lipinski definition) is 2. The Bertz CT molecular complexity index is 174. The Morgan fingerprint density at radius 3 is 2.73 bits per heavy atom. The lowest BCUT2D eigenvalue weighted by molar-refractivity contribution is -0.0675. The molecule has 0 spiro atoms. The summed E-state index contributed by atoms with van der Waals surface area (Å²) < 4.78 is 5.59. The van der Waals surface area contributed by atoms with E-state index in [0.717, 1.165) is 13.2 Å². The third-order valence-corrected chi connectivity index (χ3v) is 3.37. The van der Waals surface area contributed by atoms with Crippen LogP contribution in [-0.2, 0) is 4.74 Å². The highest BCUT2D eigenvalue weighted by atomic mass is 16.5. The summed E-state index contributed by atoms with van der Waals surface area (Å²) in [5.41, 5.74) is -0.700. The fraction of sp³-hybridized carbons (Fsp3) is 1.00. The van der Waals surface area contributed by atoms with E-state index in [9.17, 15) is 5.11 Å². The maximum atomic E-state index is 9.98. The van der Waals surface area contributed by atoms with E-state index in [1.165, 1.54) is 19.3 Å². The largest absolute Gasteiger partial charge is 0.388 e. The lowest BCUT2D eigenvalue weighted by Crippen LogP contribution is -2.41. The first-order valence-electron chi connectivity index (χ1n) is 6.06. The summed E-state index contributed by atoms with van der Waals surface area (Å²) in [5, 5.41) is 13.4. The summed E-state index contributed by atoms with van der Waals surface area (Å²) in [6, 6.07) is 0.488. The molecule has 1 saturated heterocycles. The van der Waals surface area contributed by atoms with Crippen molar-refractivity contribution >= 4 is 0 Å². The highest BCUT2D eigenvalue weighted by Crippen LogP contribution is 2.16. The Balaban J connectivity index is 2.14. The van der Waals surface area contributed by atoms with Gasteiger partial charge in [-0.05, 0) is 32.2 Å². The van der Waals surface area contributed by atoms with E-state index in [4.69, 9.17) is 4.74 Å². The van der Waals surface area contributed by atoms with Crippen molar-refractivity contribution in [2.24, 2.45) is 5.92 Å². The second-order valence-electron chi connectivity index (χ2n) is 5.17. The van der Waals surface area contributed by atoms with E-state index >= 15 is 0 Å². The molecule has 0 bridgehead atoms. The summed E-state index contributed by atoms with van der Waals surface area (Å²) >= 11 is 0. The quantitative estimate of drug-likeness (QED) is 0.731. The van der Waals surface area contributed by atoms with Gasteiger partial charge in [0.1, 0.15) is 0 Å². The number of aliphatic hydroxyl groups is 1. The number of ether oxygens (including phenoxy) is 1. The average Bonchev–Trinajstić information content (AvgIpc) is 2.19. The molecule has 1 rings (SSSR count). The molecular formula is C12H25NO2. The Morgan fingerprint density at radius 2 is 2.20 bits per heavy atom. The van der Waals surface area contributed by atoms with E-state index in [0.29, 0.717) is 12.6 Å². The summed E-state index contributed by atoms with van der Waals surface area (Å²) in [5.74, 6) is 0.233. The van der Waals surface area contributed by atoms with Crippen molar-refractivity contribution in [3.05, 3.63) is 0 Å². The first kappa shape index (κ1) is 12.9. The van der Waals surface area contributed by atoms with Crippen LogP contribution in [0.3, 0.4) is 0 Å². The van der Waals surface area contributed by atoms with Gasteiger partial charge in [-0.1, -0.05) is 20.3 Å². The minimum absolute atomic E-state index is 0.233. The zero-order valence-corrected chi connectivity index (χ0v) is 10.3. The van der Waals surface area contributed by atoms with Gasteiger partial charge in [0.2, 0.25) is 0 Å². The molecule has 0 aromatic heterocycles. The van der Waals surface area contributed by atoms with Crippen LogP contribution in [0.2, 0.25) is 0 Å². The van der Waals surface area contributed by atoms with Gasteiger partial charge in [-0.2, -0.15) is 0 Å². The van der Waals surface area contributed by atoms with Crippen LogP contribution >= 0.6 is 0 Å². The Hall–Kier alpha value is -0.120. The standard InChI is InChI=1S/C12H25NO2/c1-10(2)12(3,14)9-15-8-11-6-4-5-7-13-11/h10-11,13-14H,4-9H2,1-3H3. The second-order valence-corrected chi connectivity index (χ2v) is 5.17. The van der Waals surface area contributed by atoms with Crippen LogP contribution in [0.1, 0.15) is 40.0 Å². The molecule has 2 atom stereocenters. The Kier molecular flexibility index (Phi) is 5.03. The van der Waals surface area contributed by atoms with Crippen LogP contribution in [-0.4, -0.2) is 36.5 Å². The van der Waals surface area contributed by atoms with Crippen molar-refractivity contribution in [1.29, 1.82) is 0 Å². The molecule has 0 radical (unpaired) electrons. The fourth-order valence-electron chi connectivity index (χ4n) is 1.64. The van der Waals surface area contributed by atoms with Crippen molar-refractivity contribution in [2.45, 2.75) is 51.7 Å². The molecule has 1 heterocycles. The van der Waals surface area contributed by atoms with Gasteiger partial charge in [0.15, 0.2) is 0 Å². The molecule has 90 valence electrons. The van der Waals surface area contributed by atoms with Gasteiger partial charge in [0, 0.05) is 6.04 Å². The number of rotatable bonds is 5. The maximum absolute atomic E-state index is 9.98. The predicted molar refractivity (Wildman–Crippen MR) is 61.9 cm³/mol. The van der Waals surface area contributed by atoms with Crippen LogP contribution in [0.4, 0.5) is 0 Å². The highest BCUT2D eigenvalue weighted by Gasteiger charge is 2.25. The molecule has 0 aromatic rings. The van der Waals surface area contributed by atoms with Gasteiger partial charge in [-0.3, -0.25) is 0 Å². The van der Waals surface area contributed by atoms with Gasteiger partial charge >= 0.3 is 0 Å². The first-order valence-corrected chi connectivity index (χ1v) is 6.06. The Morgan fingerprint density at radius 1 is 1.47 bits per heavy atom. The SMILES string of the molecule is CC(C)C(C)(O)COCC1CCCCN1. The van der Waals surface area contributed by atoms with Gasteiger partial charge in [0.25, 0.3) is 0 Å².